The summed E-state index contributed by atoms with van der Waals surface area (Å²) in [6, 6.07) is 4.07. The highest BCUT2D eigenvalue weighted by Crippen LogP contribution is 2.28. The highest BCUT2D eigenvalue weighted by Gasteiger charge is 2.35. The van der Waals surface area contributed by atoms with Gasteiger partial charge >= 0.3 is 12.0 Å². The van der Waals surface area contributed by atoms with Crippen molar-refractivity contribution in [2.24, 2.45) is 5.73 Å². The molecule has 0 saturated heterocycles. The fraction of sp³-hybridized carbons (Fsp3) is 0.308. The second-order valence-corrected chi connectivity index (χ2v) is 4.73. The van der Waals surface area contributed by atoms with Gasteiger partial charge in [-0.2, -0.15) is 0 Å². The van der Waals surface area contributed by atoms with Crippen LogP contribution in [0.4, 0.5) is 4.79 Å². The maximum atomic E-state index is 11.3. The number of urea groups is 1. The second kappa shape index (κ2) is 4.72. The summed E-state index contributed by atoms with van der Waals surface area (Å²) in [6.07, 6.45) is 1.98. The number of benzene rings is 1. The molecule has 100 valence electrons. The molecule has 6 heteroatoms. The van der Waals surface area contributed by atoms with Crippen molar-refractivity contribution >= 4 is 18.3 Å². The van der Waals surface area contributed by atoms with Crippen LogP contribution in [0.2, 0.25) is 0 Å². The van der Waals surface area contributed by atoms with Crippen molar-refractivity contribution in [1.82, 2.24) is 5.32 Å². The van der Waals surface area contributed by atoms with E-state index in [1.54, 1.807) is 6.07 Å². The third-order valence-corrected chi connectivity index (χ3v) is 3.40. The van der Waals surface area contributed by atoms with Gasteiger partial charge in [0.15, 0.2) is 0 Å². The van der Waals surface area contributed by atoms with Gasteiger partial charge in [-0.15, -0.1) is 0 Å². The number of nitrogens with two attached hydrogens (primary N) is 1. The van der Waals surface area contributed by atoms with Gasteiger partial charge in [-0.1, -0.05) is 6.07 Å². The van der Waals surface area contributed by atoms with Gasteiger partial charge < -0.3 is 21.0 Å². The summed E-state index contributed by atoms with van der Waals surface area (Å²) in [4.78, 5) is 33.2. The van der Waals surface area contributed by atoms with E-state index in [0.29, 0.717) is 19.1 Å². The Morgan fingerprint density at radius 1 is 1.37 bits per heavy atom. The van der Waals surface area contributed by atoms with E-state index in [-0.39, 0.29) is 12.0 Å². The van der Waals surface area contributed by atoms with E-state index in [9.17, 15) is 14.4 Å². The molecule has 2 rings (SSSR count). The molecule has 0 bridgehead atoms. The van der Waals surface area contributed by atoms with Crippen LogP contribution in [0.5, 0.6) is 0 Å². The lowest BCUT2D eigenvalue weighted by Crippen LogP contribution is -2.55. The smallest absolute Gasteiger partial charge is 0.335 e. The van der Waals surface area contributed by atoms with Gasteiger partial charge in [0.25, 0.3) is 0 Å². The number of primary amides is 1. The lowest BCUT2D eigenvalue weighted by molar-refractivity contribution is -0.113. The summed E-state index contributed by atoms with van der Waals surface area (Å²) >= 11 is 0. The number of aromatic carboxylic acids is 1. The molecular formula is C13H14N2O4. The average molecular weight is 262 g/mol. The van der Waals surface area contributed by atoms with Crippen molar-refractivity contribution in [2.75, 3.05) is 0 Å². The van der Waals surface area contributed by atoms with E-state index in [1.807, 2.05) is 0 Å². The molecule has 1 aromatic rings. The standard InChI is InChI=1S/C13H14N2O4/c14-12(19)15-13(7-16)4-3-8-1-2-9(11(17)18)5-10(8)6-13/h1-2,5,7H,3-4,6H2,(H,17,18)(H3,14,15,19). The van der Waals surface area contributed by atoms with Gasteiger partial charge in [0.1, 0.15) is 11.8 Å². The molecule has 1 unspecified atom stereocenters. The monoisotopic (exact) mass is 262 g/mol. The Balaban J connectivity index is 2.35. The SMILES string of the molecule is NC(=O)NC1(C=O)CCc2ccc(C(=O)O)cc2C1. The minimum absolute atomic E-state index is 0.166. The van der Waals surface area contributed by atoms with Crippen molar-refractivity contribution < 1.29 is 19.5 Å². The number of hydrogen-bond acceptors (Lipinski definition) is 3. The van der Waals surface area contributed by atoms with Crippen LogP contribution in [-0.4, -0.2) is 28.9 Å². The molecule has 2 amide bonds. The van der Waals surface area contributed by atoms with Crippen molar-refractivity contribution in [1.29, 1.82) is 0 Å². The normalized spacial score (nSPS) is 21.3. The molecule has 1 atom stereocenters. The quantitative estimate of drug-likeness (QED) is 0.688. The minimum Gasteiger partial charge on any atom is -0.478 e. The Bertz CT molecular complexity index is 556. The topological polar surface area (TPSA) is 109 Å². The number of amides is 2. The molecule has 0 spiro atoms. The second-order valence-electron chi connectivity index (χ2n) is 4.73. The number of rotatable bonds is 3. The first-order chi connectivity index (χ1) is 8.96. The number of aryl methyl sites for hydroxylation is 1. The van der Waals surface area contributed by atoms with Gasteiger partial charge in [-0.3, -0.25) is 0 Å². The molecule has 1 aliphatic rings. The fourth-order valence-electron chi connectivity index (χ4n) is 2.44. The van der Waals surface area contributed by atoms with Crippen LogP contribution >= 0.6 is 0 Å². The third-order valence-electron chi connectivity index (χ3n) is 3.40. The maximum absolute atomic E-state index is 11.3. The highest BCUT2D eigenvalue weighted by atomic mass is 16.4. The molecule has 0 radical (unpaired) electrons. The van der Waals surface area contributed by atoms with Crippen molar-refractivity contribution in [3.8, 4) is 0 Å². The summed E-state index contributed by atoms with van der Waals surface area (Å²) < 4.78 is 0. The van der Waals surface area contributed by atoms with Crippen LogP contribution in [0, 0.1) is 0 Å². The lowest BCUT2D eigenvalue weighted by Gasteiger charge is -2.33. The summed E-state index contributed by atoms with van der Waals surface area (Å²) in [5.41, 5.74) is 5.96. The lowest BCUT2D eigenvalue weighted by atomic mass is 9.78. The number of carbonyl (C=O) groups excluding carboxylic acids is 2. The summed E-state index contributed by atoms with van der Waals surface area (Å²) in [7, 11) is 0. The number of aldehydes is 1. The number of hydrogen-bond donors (Lipinski definition) is 3. The fourth-order valence-corrected chi connectivity index (χ4v) is 2.44. The Kier molecular flexibility index (Phi) is 3.25. The summed E-state index contributed by atoms with van der Waals surface area (Å²) in [6.45, 7) is 0. The van der Waals surface area contributed by atoms with Crippen LogP contribution in [0.1, 0.15) is 27.9 Å². The first-order valence-electron chi connectivity index (χ1n) is 5.85. The van der Waals surface area contributed by atoms with Crippen molar-refractivity contribution in [3.63, 3.8) is 0 Å². The zero-order valence-electron chi connectivity index (χ0n) is 10.2. The van der Waals surface area contributed by atoms with Crippen LogP contribution in [0.25, 0.3) is 0 Å². The molecule has 1 aliphatic carbocycles. The van der Waals surface area contributed by atoms with Crippen LogP contribution in [-0.2, 0) is 17.6 Å². The molecule has 0 fully saturated rings. The molecule has 4 N–H and O–H groups in total. The number of carbonyl (C=O) groups is 3. The summed E-state index contributed by atoms with van der Waals surface area (Å²) in [5.74, 6) is -1.02. The van der Waals surface area contributed by atoms with Crippen molar-refractivity contribution in [3.05, 3.63) is 34.9 Å². The number of carboxylic acid groups (broad SMARTS) is 1. The molecule has 6 nitrogen and oxygen atoms in total. The Morgan fingerprint density at radius 2 is 2.11 bits per heavy atom. The molecule has 19 heavy (non-hydrogen) atoms. The molecular weight excluding hydrogens is 248 g/mol. The van der Waals surface area contributed by atoms with E-state index < -0.39 is 17.5 Å². The Labute approximate surface area is 109 Å². The molecule has 0 aromatic heterocycles. The van der Waals surface area contributed by atoms with E-state index in [2.05, 4.69) is 5.32 Å². The molecule has 0 heterocycles. The first kappa shape index (κ1) is 13.1. The zero-order valence-corrected chi connectivity index (χ0v) is 10.2. The van der Waals surface area contributed by atoms with Gasteiger partial charge in [0, 0.05) is 6.42 Å². The van der Waals surface area contributed by atoms with Gasteiger partial charge in [-0.25, -0.2) is 9.59 Å². The Hall–Kier alpha value is -2.37. The van der Waals surface area contributed by atoms with Crippen molar-refractivity contribution in [2.45, 2.75) is 24.8 Å². The first-order valence-corrected chi connectivity index (χ1v) is 5.85. The van der Waals surface area contributed by atoms with E-state index >= 15 is 0 Å². The van der Waals surface area contributed by atoms with E-state index in [4.69, 9.17) is 10.8 Å². The average Bonchev–Trinajstić information content (AvgIpc) is 2.37. The van der Waals surface area contributed by atoms with Crippen LogP contribution in [0.3, 0.4) is 0 Å². The van der Waals surface area contributed by atoms with E-state index in [0.717, 1.165) is 11.1 Å². The zero-order chi connectivity index (χ0) is 14.0. The maximum Gasteiger partial charge on any atom is 0.335 e. The third kappa shape index (κ3) is 2.57. The molecule has 0 saturated carbocycles. The largest absolute Gasteiger partial charge is 0.478 e. The Morgan fingerprint density at radius 3 is 2.68 bits per heavy atom. The molecule has 1 aromatic carbocycles. The summed E-state index contributed by atoms with van der Waals surface area (Å²) in [5, 5.41) is 11.4. The van der Waals surface area contributed by atoms with Gasteiger partial charge in [-0.05, 0) is 36.1 Å². The van der Waals surface area contributed by atoms with Gasteiger partial charge in [0.05, 0.1) is 5.56 Å². The van der Waals surface area contributed by atoms with E-state index in [1.165, 1.54) is 12.1 Å². The van der Waals surface area contributed by atoms with Crippen LogP contribution < -0.4 is 11.1 Å². The number of fused-ring (bicyclic) bond motifs is 1. The van der Waals surface area contributed by atoms with Gasteiger partial charge in [0.2, 0.25) is 0 Å². The highest BCUT2D eigenvalue weighted by molar-refractivity contribution is 5.88. The number of nitrogens with one attached hydrogen (secondary N) is 1. The molecule has 0 aliphatic heterocycles. The van der Waals surface area contributed by atoms with Crippen LogP contribution in [0.15, 0.2) is 18.2 Å². The predicted octanol–water partition coefficient (Wildman–Crippen LogP) is 0.479. The number of carboxylic acids is 1. The predicted molar refractivity (Wildman–Crippen MR) is 66.9 cm³/mol. The minimum atomic E-state index is -1.03.